The van der Waals surface area contributed by atoms with Gasteiger partial charge in [0.2, 0.25) is 0 Å². The van der Waals surface area contributed by atoms with Gasteiger partial charge in [0.15, 0.2) is 0 Å². The minimum Gasteiger partial charge on any atom is -0.478 e. The first kappa shape index (κ1) is 14.8. The molecule has 1 aromatic heterocycles. The highest BCUT2D eigenvalue weighted by Gasteiger charge is 2.33. The Balaban J connectivity index is 3.17. The molecule has 7 heteroatoms. The van der Waals surface area contributed by atoms with E-state index in [4.69, 9.17) is 11.5 Å². The molecule has 4 nitrogen and oxygen atoms in total. The Labute approximate surface area is 107 Å². The highest BCUT2D eigenvalue weighted by atomic mass is 19.4. The van der Waals surface area contributed by atoms with Gasteiger partial charge in [-0.2, -0.15) is 13.2 Å². The van der Waals surface area contributed by atoms with Gasteiger partial charge in [-0.05, 0) is 19.1 Å². The molecule has 1 atom stereocenters. The number of nitrogens with one attached hydrogen (secondary N) is 1. The molecule has 0 radical (unpaired) electrons. The van der Waals surface area contributed by atoms with Crippen molar-refractivity contribution in [2.75, 3.05) is 5.32 Å². The van der Waals surface area contributed by atoms with E-state index in [-0.39, 0.29) is 23.8 Å². The van der Waals surface area contributed by atoms with Crippen LogP contribution in [0.5, 0.6) is 0 Å². The molecule has 0 spiro atoms. The Morgan fingerprint density at radius 1 is 1.58 bits per heavy atom. The van der Waals surface area contributed by atoms with Crippen molar-refractivity contribution in [3.8, 4) is 12.3 Å². The van der Waals surface area contributed by atoms with Crippen LogP contribution in [0.2, 0.25) is 0 Å². The maximum atomic E-state index is 12.5. The molecule has 1 aromatic rings. The van der Waals surface area contributed by atoms with Crippen molar-refractivity contribution in [3.63, 3.8) is 0 Å². The largest absolute Gasteiger partial charge is 0.478 e. The van der Waals surface area contributed by atoms with Crippen molar-refractivity contribution in [2.45, 2.75) is 25.6 Å². The molecule has 19 heavy (non-hydrogen) atoms. The second-order valence-electron chi connectivity index (χ2n) is 3.85. The molecule has 0 aliphatic heterocycles. The molecular weight excluding hydrogens is 261 g/mol. The van der Waals surface area contributed by atoms with Crippen LogP contribution >= 0.6 is 0 Å². The SMILES string of the molecule is C#CCC(C)Nc1nc(C(F)(F)F)ccc1C(=O)O. The predicted octanol–water partition coefficient (Wildman–Crippen LogP) is 2.62. The number of rotatable bonds is 4. The van der Waals surface area contributed by atoms with E-state index in [2.05, 4.69) is 16.2 Å². The van der Waals surface area contributed by atoms with Crippen LogP contribution < -0.4 is 5.32 Å². The fourth-order valence-electron chi connectivity index (χ4n) is 1.36. The Hall–Kier alpha value is -2.23. The van der Waals surface area contributed by atoms with Crippen LogP contribution in [0.25, 0.3) is 0 Å². The zero-order chi connectivity index (χ0) is 14.6. The quantitative estimate of drug-likeness (QED) is 0.827. The van der Waals surface area contributed by atoms with Crippen LogP contribution in [-0.4, -0.2) is 22.1 Å². The summed E-state index contributed by atoms with van der Waals surface area (Å²) in [6.45, 7) is 1.62. The molecule has 0 amide bonds. The molecule has 0 bridgehead atoms. The summed E-state index contributed by atoms with van der Waals surface area (Å²) in [5.74, 6) is 0.615. The standard InChI is InChI=1S/C12H11F3N2O2/c1-3-4-7(2)16-10-8(11(18)19)5-6-9(17-10)12(13,14)15/h1,5-7H,4H2,2H3,(H,16,17)(H,18,19). The number of carbonyl (C=O) groups is 1. The van der Waals surface area contributed by atoms with E-state index in [0.717, 1.165) is 6.07 Å². The van der Waals surface area contributed by atoms with E-state index in [9.17, 15) is 18.0 Å². The third-order valence-electron chi connectivity index (χ3n) is 2.22. The van der Waals surface area contributed by atoms with Gasteiger partial charge in [-0.1, -0.05) is 0 Å². The Kier molecular flexibility index (Phi) is 4.38. The van der Waals surface area contributed by atoms with E-state index in [1.165, 1.54) is 0 Å². The smallest absolute Gasteiger partial charge is 0.433 e. The zero-order valence-corrected chi connectivity index (χ0v) is 9.95. The highest BCUT2D eigenvalue weighted by Crippen LogP contribution is 2.29. The van der Waals surface area contributed by atoms with Crippen LogP contribution in [-0.2, 0) is 6.18 Å². The summed E-state index contributed by atoms with van der Waals surface area (Å²) in [4.78, 5) is 14.2. The number of carboxylic acid groups (broad SMARTS) is 1. The summed E-state index contributed by atoms with van der Waals surface area (Å²) in [6.07, 6.45) is 0.670. The summed E-state index contributed by atoms with van der Waals surface area (Å²) in [6, 6.07) is 1.10. The summed E-state index contributed by atoms with van der Waals surface area (Å²) < 4.78 is 37.5. The summed E-state index contributed by atoms with van der Waals surface area (Å²) >= 11 is 0. The normalized spacial score (nSPS) is 12.6. The topological polar surface area (TPSA) is 62.2 Å². The number of nitrogens with zero attached hydrogens (tertiary/aromatic N) is 1. The molecule has 1 heterocycles. The minimum absolute atomic E-state index is 0.233. The lowest BCUT2D eigenvalue weighted by molar-refractivity contribution is -0.141. The molecule has 1 rings (SSSR count). The van der Waals surface area contributed by atoms with Crippen LogP contribution in [0.1, 0.15) is 29.4 Å². The van der Waals surface area contributed by atoms with Crippen LogP contribution in [0.4, 0.5) is 19.0 Å². The number of aromatic carboxylic acids is 1. The van der Waals surface area contributed by atoms with Gasteiger partial charge in [0, 0.05) is 12.5 Å². The number of aromatic nitrogens is 1. The maximum absolute atomic E-state index is 12.5. The third kappa shape index (κ3) is 3.88. The molecule has 2 N–H and O–H groups in total. The predicted molar refractivity (Wildman–Crippen MR) is 62.7 cm³/mol. The number of pyridine rings is 1. The van der Waals surface area contributed by atoms with Gasteiger partial charge < -0.3 is 10.4 Å². The van der Waals surface area contributed by atoms with E-state index in [0.29, 0.717) is 6.07 Å². The molecule has 0 aliphatic carbocycles. The molecule has 1 unspecified atom stereocenters. The second-order valence-corrected chi connectivity index (χ2v) is 3.85. The second kappa shape index (κ2) is 5.61. The average molecular weight is 272 g/mol. The van der Waals surface area contributed by atoms with E-state index < -0.39 is 17.8 Å². The molecule has 0 aliphatic rings. The lowest BCUT2D eigenvalue weighted by Gasteiger charge is -2.15. The molecule has 0 saturated carbocycles. The number of halogens is 3. The summed E-state index contributed by atoms with van der Waals surface area (Å²) in [5, 5.41) is 11.5. The van der Waals surface area contributed by atoms with Crippen LogP contribution in [0, 0.1) is 12.3 Å². The monoisotopic (exact) mass is 272 g/mol. The average Bonchev–Trinajstić information content (AvgIpc) is 2.27. The van der Waals surface area contributed by atoms with E-state index >= 15 is 0 Å². The van der Waals surface area contributed by atoms with Gasteiger partial charge in [0.25, 0.3) is 0 Å². The number of terminal acetylenes is 1. The number of hydrogen-bond acceptors (Lipinski definition) is 3. The molecular formula is C12H11F3N2O2. The minimum atomic E-state index is -4.64. The molecule has 0 saturated heterocycles. The van der Waals surface area contributed by atoms with Crippen molar-refractivity contribution in [1.82, 2.24) is 4.98 Å². The Bertz CT molecular complexity index is 521. The highest BCUT2D eigenvalue weighted by molar-refractivity contribution is 5.93. The lowest BCUT2D eigenvalue weighted by Crippen LogP contribution is -2.20. The van der Waals surface area contributed by atoms with Gasteiger partial charge in [-0.15, -0.1) is 12.3 Å². The van der Waals surface area contributed by atoms with E-state index in [1.807, 2.05) is 0 Å². The van der Waals surface area contributed by atoms with Crippen molar-refractivity contribution >= 4 is 11.8 Å². The van der Waals surface area contributed by atoms with Gasteiger partial charge in [0.1, 0.15) is 17.1 Å². The molecule has 102 valence electrons. The van der Waals surface area contributed by atoms with Crippen molar-refractivity contribution < 1.29 is 23.1 Å². The van der Waals surface area contributed by atoms with Crippen LogP contribution in [0.3, 0.4) is 0 Å². The van der Waals surface area contributed by atoms with Gasteiger partial charge in [-0.25, -0.2) is 9.78 Å². The summed E-state index contributed by atoms with van der Waals surface area (Å²) in [5.41, 5.74) is -1.50. The lowest BCUT2D eigenvalue weighted by atomic mass is 10.2. The summed E-state index contributed by atoms with van der Waals surface area (Å²) in [7, 11) is 0. The fraction of sp³-hybridized carbons (Fsp3) is 0.333. The number of anilines is 1. The first-order chi connectivity index (χ1) is 8.75. The number of hydrogen-bond donors (Lipinski definition) is 2. The third-order valence-corrected chi connectivity index (χ3v) is 2.22. The van der Waals surface area contributed by atoms with Gasteiger partial charge in [0.05, 0.1) is 0 Å². The maximum Gasteiger partial charge on any atom is 0.433 e. The fourth-order valence-corrected chi connectivity index (χ4v) is 1.36. The van der Waals surface area contributed by atoms with Crippen molar-refractivity contribution in [3.05, 3.63) is 23.4 Å². The Morgan fingerprint density at radius 3 is 2.68 bits per heavy atom. The first-order valence-corrected chi connectivity index (χ1v) is 5.27. The molecule has 0 aromatic carbocycles. The zero-order valence-electron chi connectivity index (χ0n) is 9.95. The van der Waals surface area contributed by atoms with Gasteiger partial charge in [-0.3, -0.25) is 0 Å². The van der Waals surface area contributed by atoms with Crippen molar-refractivity contribution in [1.29, 1.82) is 0 Å². The number of alkyl halides is 3. The first-order valence-electron chi connectivity index (χ1n) is 5.27. The van der Waals surface area contributed by atoms with E-state index in [1.54, 1.807) is 6.92 Å². The van der Waals surface area contributed by atoms with Gasteiger partial charge >= 0.3 is 12.1 Å². The molecule has 0 fully saturated rings. The van der Waals surface area contributed by atoms with Crippen LogP contribution in [0.15, 0.2) is 12.1 Å². The number of carboxylic acids is 1. The van der Waals surface area contributed by atoms with Crippen molar-refractivity contribution in [2.24, 2.45) is 0 Å². The Morgan fingerprint density at radius 2 is 2.21 bits per heavy atom.